The van der Waals surface area contributed by atoms with Crippen LogP contribution in [0.4, 0.5) is 0 Å². The van der Waals surface area contributed by atoms with Crippen LogP contribution in [0.3, 0.4) is 0 Å². The van der Waals surface area contributed by atoms with E-state index in [4.69, 9.17) is 4.74 Å². The summed E-state index contributed by atoms with van der Waals surface area (Å²) in [6.45, 7) is 0.657. The molecule has 0 aliphatic carbocycles. The molecule has 0 radical (unpaired) electrons. The second-order valence-corrected chi connectivity index (χ2v) is 8.26. The molecule has 0 unspecified atom stereocenters. The molecule has 0 bridgehead atoms. The van der Waals surface area contributed by atoms with E-state index in [-0.39, 0.29) is 23.1 Å². The molecule has 3 heterocycles. The number of fused-ring (bicyclic) bond motifs is 1. The molecule has 0 aliphatic rings. The van der Waals surface area contributed by atoms with Gasteiger partial charge in [-0.2, -0.15) is 0 Å². The Morgan fingerprint density at radius 3 is 2.76 bits per heavy atom. The van der Waals surface area contributed by atoms with Crippen molar-refractivity contribution in [2.24, 2.45) is 0 Å². The fraction of sp³-hybridized carbons (Fsp3) is 0.125. The van der Waals surface area contributed by atoms with Crippen LogP contribution >= 0.6 is 11.3 Å². The van der Waals surface area contributed by atoms with E-state index in [1.807, 2.05) is 42.5 Å². The smallest absolute Gasteiger partial charge is 0.358 e. The summed E-state index contributed by atoms with van der Waals surface area (Å²) in [6, 6.07) is 17.6. The van der Waals surface area contributed by atoms with Crippen LogP contribution in [0, 0.1) is 0 Å². The summed E-state index contributed by atoms with van der Waals surface area (Å²) in [5, 5.41) is 10.7. The second kappa shape index (κ2) is 9.17. The lowest BCUT2D eigenvalue weighted by Gasteiger charge is -2.01. The van der Waals surface area contributed by atoms with Gasteiger partial charge in [-0.05, 0) is 18.1 Å². The molecule has 0 amide bonds. The molecular formula is C24H19N5O3S. The molecular weight excluding hydrogens is 438 g/mol. The normalized spacial score (nSPS) is 11.0. The number of carbonyl (C=O) groups is 2. The number of rotatable bonds is 8. The Kier molecular flexibility index (Phi) is 5.77. The van der Waals surface area contributed by atoms with Gasteiger partial charge in [0, 0.05) is 29.0 Å². The van der Waals surface area contributed by atoms with Gasteiger partial charge in [0.05, 0.1) is 11.8 Å². The molecule has 0 fully saturated rings. The maximum Gasteiger partial charge on any atom is 0.358 e. The fourth-order valence-electron chi connectivity index (χ4n) is 3.46. The number of carbonyl (C=O) groups excluding carboxylic acids is 2. The summed E-state index contributed by atoms with van der Waals surface area (Å²) in [6.07, 6.45) is 4.24. The summed E-state index contributed by atoms with van der Waals surface area (Å²) < 4.78 is 7.04. The summed E-state index contributed by atoms with van der Waals surface area (Å²) in [5.41, 5.74) is 3.24. The maximum absolute atomic E-state index is 12.9. The van der Waals surface area contributed by atoms with E-state index in [0.29, 0.717) is 17.8 Å². The molecule has 5 aromatic rings. The topological polar surface area (TPSA) is 103 Å². The SMILES string of the molecule is O=C(OCc1cn(CCc2ccccc2)nn1)c1csc(C(=O)c2c[nH]c3ccccc23)n1. The number of nitrogens with one attached hydrogen (secondary N) is 1. The predicted molar refractivity (Wildman–Crippen MR) is 123 cm³/mol. The molecule has 0 spiro atoms. The minimum atomic E-state index is -0.608. The number of para-hydroxylation sites is 1. The molecule has 0 saturated carbocycles. The van der Waals surface area contributed by atoms with E-state index in [2.05, 4.69) is 32.4 Å². The molecule has 33 heavy (non-hydrogen) atoms. The van der Waals surface area contributed by atoms with Crippen molar-refractivity contribution in [2.45, 2.75) is 19.6 Å². The highest BCUT2D eigenvalue weighted by atomic mass is 32.1. The van der Waals surface area contributed by atoms with Gasteiger partial charge in [-0.25, -0.2) is 9.78 Å². The van der Waals surface area contributed by atoms with Gasteiger partial charge in [-0.3, -0.25) is 9.48 Å². The van der Waals surface area contributed by atoms with E-state index < -0.39 is 5.97 Å². The van der Waals surface area contributed by atoms with Gasteiger partial charge < -0.3 is 9.72 Å². The van der Waals surface area contributed by atoms with Crippen molar-refractivity contribution in [3.05, 3.63) is 99.9 Å². The molecule has 2 aromatic carbocycles. The van der Waals surface area contributed by atoms with Crippen molar-refractivity contribution in [1.29, 1.82) is 0 Å². The number of hydrogen-bond acceptors (Lipinski definition) is 7. The first-order valence-electron chi connectivity index (χ1n) is 10.3. The quantitative estimate of drug-likeness (QED) is 0.279. The Labute approximate surface area is 192 Å². The van der Waals surface area contributed by atoms with Crippen LogP contribution in [0.15, 0.2) is 72.4 Å². The number of thiazole rings is 1. The number of H-pyrrole nitrogens is 1. The van der Waals surface area contributed by atoms with Gasteiger partial charge in [0.1, 0.15) is 12.3 Å². The number of benzene rings is 2. The number of ether oxygens (including phenoxy) is 1. The zero-order valence-electron chi connectivity index (χ0n) is 17.5. The standard InChI is InChI=1S/C24H19N5O3S/c30-22(19-12-25-20-9-5-4-8-18(19)20)23-26-21(15-33-23)24(31)32-14-17-13-29(28-27-17)11-10-16-6-2-1-3-7-16/h1-9,12-13,15,25H,10-11,14H2. The zero-order valence-corrected chi connectivity index (χ0v) is 18.3. The van der Waals surface area contributed by atoms with Crippen LogP contribution in [0.1, 0.15) is 37.1 Å². The minimum Gasteiger partial charge on any atom is -0.454 e. The number of ketones is 1. The van der Waals surface area contributed by atoms with Crippen LogP contribution in [-0.4, -0.2) is 36.7 Å². The third kappa shape index (κ3) is 4.58. The monoisotopic (exact) mass is 457 g/mol. The Bertz CT molecular complexity index is 1420. The third-order valence-electron chi connectivity index (χ3n) is 5.15. The van der Waals surface area contributed by atoms with Crippen molar-refractivity contribution in [2.75, 3.05) is 0 Å². The number of aryl methyl sites for hydroxylation is 2. The highest BCUT2D eigenvalue weighted by Crippen LogP contribution is 2.23. The summed E-state index contributed by atoms with van der Waals surface area (Å²) in [5.74, 6) is -0.846. The van der Waals surface area contributed by atoms with Crippen molar-refractivity contribution in [1.82, 2.24) is 25.0 Å². The van der Waals surface area contributed by atoms with Crippen LogP contribution in [-0.2, 0) is 24.3 Å². The lowest BCUT2D eigenvalue weighted by atomic mass is 10.1. The third-order valence-corrected chi connectivity index (χ3v) is 5.99. The Hall–Kier alpha value is -4.11. The average molecular weight is 458 g/mol. The molecule has 0 aliphatic heterocycles. The molecule has 164 valence electrons. The number of aromatic nitrogens is 5. The average Bonchev–Trinajstić information content (AvgIpc) is 3.61. The van der Waals surface area contributed by atoms with Gasteiger partial charge in [0.2, 0.25) is 5.78 Å². The van der Waals surface area contributed by atoms with Crippen molar-refractivity contribution >= 4 is 34.0 Å². The van der Waals surface area contributed by atoms with Crippen molar-refractivity contribution < 1.29 is 14.3 Å². The van der Waals surface area contributed by atoms with E-state index in [1.54, 1.807) is 17.1 Å². The zero-order chi connectivity index (χ0) is 22.6. The van der Waals surface area contributed by atoms with Gasteiger partial charge in [-0.15, -0.1) is 16.4 Å². The van der Waals surface area contributed by atoms with Crippen molar-refractivity contribution in [3.63, 3.8) is 0 Å². The molecule has 8 nitrogen and oxygen atoms in total. The Balaban J connectivity index is 1.18. The first-order valence-corrected chi connectivity index (χ1v) is 11.2. The number of esters is 1. The summed E-state index contributed by atoms with van der Waals surface area (Å²) >= 11 is 1.12. The number of nitrogens with zero attached hydrogens (tertiary/aromatic N) is 4. The molecule has 0 atom stereocenters. The largest absolute Gasteiger partial charge is 0.454 e. The van der Waals surface area contributed by atoms with Crippen LogP contribution in [0.2, 0.25) is 0 Å². The number of aromatic amines is 1. The van der Waals surface area contributed by atoms with Crippen LogP contribution in [0.5, 0.6) is 0 Å². The Morgan fingerprint density at radius 1 is 1.06 bits per heavy atom. The fourth-order valence-corrected chi connectivity index (χ4v) is 4.20. The second-order valence-electron chi connectivity index (χ2n) is 7.40. The summed E-state index contributed by atoms with van der Waals surface area (Å²) in [7, 11) is 0. The first kappa shape index (κ1) is 20.8. The molecule has 5 rings (SSSR count). The van der Waals surface area contributed by atoms with Gasteiger partial charge in [0.15, 0.2) is 10.7 Å². The molecule has 3 aromatic heterocycles. The van der Waals surface area contributed by atoms with E-state index in [9.17, 15) is 9.59 Å². The van der Waals surface area contributed by atoms with Crippen LogP contribution in [0.25, 0.3) is 10.9 Å². The highest BCUT2D eigenvalue weighted by molar-refractivity contribution is 7.12. The number of hydrogen-bond donors (Lipinski definition) is 1. The maximum atomic E-state index is 12.9. The molecule has 9 heteroatoms. The minimum absolute atomic E-state index is 0.0204. The van der Waals surface area contributed by atoms with E-state index in [0.717, 1.165) is 28.7 Å². The predicted octanol–water partition coefficient (Wildman–Crippen LogP) is 4.05. The Morgan fingerprint density at radius 2 is 1.88 bits per heavy atom. The van der Waals surface area contributed by atoms with Gasteiger partial charge >= 0.3 is 5.97 Å². The van der Waals surface area contributed by atoms with Gasteiger partial charge in [0.25, 0.3) is 0 Å². The first-order chi connectivity index (χ1) is 16.2. The lowest BCUT2D eigenvalue weighted by Crippen LogP contribution is -2.07. The highest BCUT2D eigenvalue weighted by Gasteiger charge is 2.20. The lowest BCUT2D eigenvalue weighted by molar-refractivity contribution is 0.0461. The van der Waals surface area contributed by atoms with Crippen molar-refractivity contribution in [3.8, 4) is 0 Å². The van der Waals surface area contributed by atoms with E-state index in [1.165, 1.54) is 10.9 Å². The molecule has 0 saturated heterocycles. The molecule has 1 N–H and O–H groups in total. The summed E-state index contributed by atoms with van der Waals surface area (Å²) in [4.78, 5) is 32.5. The van der Waals surface area contributed by atoms with Crippen LogP contribution < -0.4 is 0 Å². The van der Waals surface area contributed by atoms with E-state index >= 15 is 0 Å². The van der Waals surface area contributed by atoms with Gasteiger partial charge in [-0.1, -0.05) is 53.7 Å².